The molecule has 6 heteroatoms. The fraction of sp³-hybridized carbons (Fsp3) is 0.333. The lowest BCUT2D eigenvalue weighted by Gasteiger charge is -2.28. The lowest BCUT2D eigenvalue weighted by atomic mass is 9.96. The van der Waals surface area contributed by atoms with Crippen LogP contribution in [-0.4, -0.2) is 31.4 Å². The van der Waals surface area contributed by atoms with Gasteiger partial charge in [-0.2, -0.15) is 0 Å². The average molecular weight is 370 g/mol. The highest BCUT2D eigenvalue weighted by Crippen LogP contribution is 2.14. The Kier molecular flexibility index (Phi) is 6.54. The van der Waals surface area contributed by atoms with Gasteiger partial charge in [-0.1, -0.05) is 36.4 Å². The van der Waals surface area contributed by atoms with Gasteiger partial charge in [-0.3, -0.25) is 9.59 Å². The number of carbonyl (C=O) groups is 2. The summed E-state index contributed by atoms with van der Waals surface area (Å²) in [6, 6.07) is 15.9. The summed E-state index contributed by atoms with van der Waals surface area (Å²) >= 11 is 0. The predicted octanol–water partition coefficient (Wildman–Crippen LogP) is 1.38. The number of amides is 2. The molecule has 0 bridgehead atoms. The molecule has 27 heavy (non-hydrogen) atoms. The first kappa shape index (κ1) is 19.0. The maximum absolute atomic E-state index is 13.6. The maximum atomic E-state index is 13.6. The van der Waals surface area contributed by atoms with E-state index in [1.165, 1.54) is 6.07 Å². The second kappa shape index (κ2) is 9.28. The first-order valence-corrected chi connectivity index (χ1v) is 9.31. The zero-order chi connectivity index (χ0) is 19.1. The number of para-hydroxylation sites is 1. The number of likely N-dealkylation sites (tertiary alicyclic amines) is 1. The van der Waals surface area contributed by atoms with Gasteiger partial charge in [-0.15, -0.1) is 0 Å². The molecule has 0 unspecified atom stereocenters. The van der Waals surface area contributed by atoms with Crippen molar-refractivity contribution in [3.63, 3.8) is 0 Å². The molecule has 142 valence electrons. The van der Waals surface area contributed by atoms with Crippen molar-refractivity contribution in [3.8, 4) is 0 Å². The van der Waals surface area contributed by atoms with Crippen molar-refractivity contribution in [1.29, 1.82) is 0 Å². The molecule has 0 atom stereocenters. The first-order chi connectivity index (χ1) is 13.1. The summed E-state index contributed by atoms with van der Waals surface area (Å²) in [6.07, 6.45) is 1.52. The minimum atomic E-state index is -0.310. The van der Waals surface area contributed by atoms with Gasteiger partial charge in [0.1, 0.15) is 5.82 Å². The quantitative estimate of drug-likeness (QED) is 0.719. The molecule has 1 fully saturated rings. The van der Waals surface area contributed by atoms with Crippen LogP contribution in [0.4, 0.5) is 10.1 Å². The molecule has 1 aliphatic heterocycles. The second-order valence-corrected chi connectivity index (χ2v) is 6.92. The molecule has 0 aliphatic carbocycles. The fourth-order valence-electron chi connectivity index (χ4n) is 3.36. The molecule has 1 aliphatic rings. The van der Waals surface area contributed by atoms with Crippen LogP contribution in [0.25, 0.3) is 0 Å². The molecule has 2 aromatic rings. The smallest absolute Gasteiger partial charge is 0.275 e. The van der Waals surface area contributed by atoms with E-state index in [2.05, 4.69) is 10.6 Å². The van der Waals surface area contributed by atoms with Gasteiger partial charge >= 0.3 is 0 Å². The van der Waals surface area contributed by atoms with E-state index < -0.39 is 0 Å². The second-order valence-electron chi connectivity index (χ2n) is 6.92. The fourth-order valence-corrected chi connectivity index (χ4v) is 3.36. The number of hydrogen-bond acceptors (Lipinski definition) is 2. The van der Waals surface area contributed by atoms with Crippen LogP contribution in [0.2, 0.25) is 0 Å². The van der Waals surface area contributed by atoms with E-state index in [1.807, 2.05) is 30.3 Å². The van der Waals surface area contributed by atoms with E-state index in [1.54, 1.807) is 18.2 Å². The first-order valence-electron chi connectivity index (χ1n) is 9.31. The molecular formula is C21H25FN3O2+. The minimum Gasteiger partial charge on any atom is -0.347 e. The number of rotatable bonds is 6. The highest BCUT2D eigenvalue weighted by Gasteiger charge is 2.28. The molecule has 0 aromatic heterocycles. The van der Waals surface area contributed by atoms with Crippen molar-refractivity contribution in [2.45, 2.75) is 19.4 Å². The lowest BCUT2D eigenvalue weighted by molar-refractivity contribution is -0.897. The number of hydrogen-bond donors (Lipinski definition) is 3. The molecule has 0 radical (unpaired) electrons. The highest BCUT2D eigenvalue weighted by molar-refractivity contribution is 5.92. The van der Waals surface area contributed by atoms with Gasteiger partial charge in [0.15, 0.2) is 6.54 Å². The van der Waals surface area contributed by atoms with Crippen LogP contribution in [0, 0.1) is 11.7 Å². The summed E-state index contributed by atoms with van der Waals surface area (Å²) in [5, 5.41) is 5.72. The third-order valence-corrected chi connectivity index (χ3v) is 4.95. The van der Waals surface area contributed by atoms with Crippen LogP contribution >= 0.6 is 0 Å². The molecule has 1 heterocycles. The van der Waals surface area contributed by atoms with Gasteiger partial charge in [0, 0.05) is 36.6 Å². The standard InChI is InChI=1S/C21H24FN3O2/c22-19-9-5-4-6-17(19)14-23-20(26)15-25-12-10-16(11-13-25)21(27)24-18-7-2-1-3-8-18/h1-9,16H,10-15H2,(H,23,26)(H,24,27)/p+1. The Morgan fingerprint density at radius 2 is 1.67 bits per heavy atom. The Balaban J connectivity index is 1.39. The molecule has 3 N–H and O–H groups in total. The summed E-state index contributed by atoms with van der Waals surface area (Å²) in [5.74, 6) is -0.379. The van der Waals surface area contributed by atoms with E-state index in [-0.39, 0.29) is 30.1 Å². The number of nitrogens with one attached hydrogen (secondary N) is 3. The number of carbonyl (C=O) groups excluding carboxylic acids is 2. The van der Waals surface area contributed by atoms with Crippen molar-refractivity contribution >= 4 is 17.5 Å². The van der Waals surface area contributed by atoms with Gasteiger partial charge in [0.25, 0.3) is 5.91 Å². The molecule has 2 aromatic carbocycles. The van der Waals surface area contributed by atoms with Crippen LogP contribution in [0.15, 0.2) is 54.6 Å². The van der Waals surface area contributed by atoms with Crippen molar-refractivity contribution in [1.82, 2.24) is 5.32 Å². The predicted molar refractivity (Wildman–Crippen MR) is 102 cm³/mol. The van der Waals surface area contributed by atoms with Crippen molar-refractivity contribution in [2.75, 3.05) is 25.0 Å². The van der Waals surface area contributed by atoms with E-state index in [0.717, 1.165) is 36.5 Å². The van der Waals surface area contributed by atoms with E-state index in [0.29, 0.717) is 12.1 Å². The Bertz CT molecular complexity index is 774. The van der Waals surface area contributed by atoms with Crippen LogP contribution < -0.4 is 15.5 Å². The topological polar surface area (TPSA) is 62.6 Å². The zero-order valence-corrected chi connectivity index (χ0v) is 15.2. The normalized spacial score (nSPS) is 19.3. The molecular weight excluding hydrogens is 345 g/mol. The Labute approximate surface area is 158 Å². The highest BCUT2D eigenvalue weighted by atomic mass is 19.1. The van der Waals surface area contributed by atoms with Crippen molar-refractivity contribution in [2.24, 2.45) is 5.92 Å². The lowest BCUT2D eigenvalue weighted by Crippen LogP contribution is -3.14. The molecule has 3 rings (SSSR count). The van der Waals surface area contributed by atoms with Crippen molar-refractivity contribution < 1.29 is 18.9 Å². The maximum Gasteiger partial charge on any atom is 0.275 e. The third kappa shape index (κ3) is 5.62. The van der Waals surface area contributed by atoms with Gasteiger partial charge in [0.2, 0.25) is 5.91 Å². The molecule has 0 spiro atoms. The number of halogens is 1. The van der Waals surface area contributed by atoms with E-state index >= 15 is 0 Å². The van der Waals surface area contributed by atoms with Crippen LogP contribution in [0.3, 0.4) is 0 Å². The summed E-state index contributed by atoms with van der Waals surface area (Å²) in [5.41, 5.74) is 1.29. The van der Waals surface area contributed by atoms with E-state index in [4.69, 9.17) is 0 Å². The summed E-state index contributed by atoms with van der Waals surface area (Å²) in [7, 11) is 0. The molecule has 1 saturated heterocycles. The van der Waals surface area contributed by atoms with Gasteiger partial charge in [-0.05, 0) is 18.2 Å². The average Bonchev–Trinajstić information content (AvgIpc) is 2.69. The Hall–Kier alpha value is -2.73. The molecule has 2 amide bonds. The van der Waals surface area contributed by atoms with Gasteiger partial charge in [0.05, 0.1) is 13.1 Å². The van der Waals surface area contributed by atoms with Crippen LogP contribution in [0.5, 0.6) is 0 Å². The minimum absolute atomic E-state index is 0.0181. The van der Waals surface area contributed by atoms with Gasteiger partial charge < -0.3 is 15.5 Å². The van der Waals surface area contributed by atoms with Gasteiger partial charge in [-0.25, -0.2) is 4.39 Å². The van der Waals surface area contributed by atoms with E-state index in [9.17, 15) is 14.0 Å². The molecule has 5 nitrogen and oxygen atoms in total. The molecule has 0 saturated carbocycles. The zero-order valence-electron chi connectivity index (χ0n) is 15.2. The summed E-state index contributed by atoms with van der Waals surface area (Å²) < 4.78 is 13.6. The number of benzene rings is 2. The van der Waals surface area contributed by atoms with Crippen LogP contribution in [-0.2, 0) is 16.1 Å². The summed E-state index contributed by atoms with van der Waals surface area (Å²) in [6.45, 7) is 2.10. The number of anilines is 1. The monoisotopic (exact) mass is 370 g/mol. The Morgan fingerprint density at radius 1 is 1.00 bits per heavy atom. The number of piperidine rings is 1. The SMILES string of the molecule is O=C(C[NH+]1CCC(C(=O)Nc2ccccc2)CC1)NCc1ccccc1F. The largest absolute Gasteiger partial charge is 0.347 e. The van der Waals surface area contributed by atoms with Crippen molar-refractivity contribution in [3.05, 3.63) is 66.0 Å². The van der Waals surface area contributed by atoms with Crippen LogP contribution in [0.1, 0.15) is 18.4 Å². The summed E-state index contributed by atoms with van der Waals surface area (Å²) in [4.78, 5) is 25.6. The number of quaternary nitrogens is 1. The Morgan fingerprint density at radius 3 is 2.37 bits per heavy atom. The third-order valence-electron chi connectivity index (χ3n) is 4.95.